The second-order valence-electron chi connectivity index (χ2n) is 6.45. The minimum atomic E-state index is -4.61. The van der Waals surface area contributed by atoms with E-state index in [4.69, 9.17) is 20.3 Å². The molecule has 0 aromatic heterocycles. The quantitative estimate of drug-likeness (QED) is 0.200. The van der Waals surface area contributed by atoms with Crippen LogP contribution in [0.25, 0.3) is 0 Å². The third-order valence-electron chi connectivity index (χ3n) is 3.97. The van der Waals surface area contributed by atoms with Crippen molar-refractivity contribution in [2.75, 3.05) is 13.2 Å². The zero-order chi connectivity index (χ0) is 19.0. The smallest absolute Gasteiger partial charge is 0.464 e. The van der Waals surface area contributed by atoms with E-state index in [2.05, 4.69) is 11.4 Å². The molecule has 0 aliphatic heterocycles. The number of ether oxygens (including phenoxy) is 1. The summed E-state index contributed by atoms with van der Waals surface area (Å²) in [6, 6.07) is -1.18. The van der Waals surface area contributed by atoms with Crippen LogP contribution in [0.3, 0.4) is 0 Å². The Morgan fingerprint density at radius 2 is 1.36 bits per heavy atom. The molecule has 0 bridgehead atoms. The number of unbranched alkanes of at least 4 members (excludes halogenated alkanes) is 11. The first-order chi connectivity index (χ1) is 11.9. The molecule has 8 heteroatoms. The van der Waals surface area contributed by atoms with E-state index in [1.165, 1.54) is 57.8 Å². The van der Waals surface area contributed by atoms with Crippen molar-refractivity contribution in [3.8, 4) is 0 Å². The SMILES string of the molecule is CCCCCCCCCCCCCCOC(=O)[C@@H](N)COP(=O)(O)O. The molecule has 4 N–H and O–H groups in total. The van der Waals surface area contributed by atoms with Crippen molar-refractivity contribution in [3.05, 3.63) is 0 Å². The van der Waals surface area contributed by atoms with E-state index in [1.807, 2.05) is 0 Å². The average molecular weight is 381 g/mol. The summed E-state index contributed by atoms with van der Waals surface area (Å²) >= 11 is 0. The van der Waals surface area contributed by atoms with Crippen LogP contribution in [-0.2, 0) is 18.6 Å². The third kappa shape index (κ3) is 18.1. The number of esters is 1. The van der Waals surface area contributed by atoms with Crippen molar-refractivity contribution in [3.63, 3.8) is 0 Å². The predicted molar refractivity (Wildman–Crippen MR) is 98.0 cm³/mol. The van der Waals surface area contributed by atoms with Crippen LogP contribution < -0.4 is 5.73 Å². The van der Waals surface area contributed by atoms with Crippen molar-refractivity contribution in [2.45, 2.75) is 90.0 Å². The summed E-state index contributed by atoms with van der Waals surface area (Å²) in [5, 5.41) is 0. The second kappa shape index (κ2) is 15.8. The molecule has 0 aromatic rings. The molecule has 0 saturated heterocycles. The highest BCUT2D eigenvalue weighted by atomic mass is 31.2. The number of nitrogens with two attached hydrogens (primary N) is 1. The van der Waals surface area contributed by atoms with E-state index in [1.54, 1.807) is 0 Å². The molecule has 0 fully saturated rings. The third-order valence-corrected chi connectivity index (χ3v) is 4.45. The maximum atomic E-state index is 11.5. The first-order valence-corrected chi connectivity index (χ1v) is 11.0. The molecule has 0 radical (unpaired) electrons. The van der Waals surface area contributed by atoms with Gasteiger partial charge in [-0.25, -0.2) is 4.57 Å². The van der Waals surface area contributed by atoms with Crippen molar-refractivity contribution < 1.29 is 28.4 Å². The Morgan fingerprint density at radius 3 is 1.80 bits per heavy atom. The monoisotopic (exact) mass is 381 g/mol. The first kappa shape index (κ1) is 24.5. The lowest BCUT2D eigenvalue weighted by molar-refractivity contribution is -0.146. The fourth-order valence-corrected chi connectivity index (χ4v) is 2.82. The number of phosphoric ester groups is 1. The van der Waals surface area contributed by atoms with Crippen molar-refractivity contribution in [2.24, 2.45) is 5.73 Å². The van der Waals surface area contributed by atoms with Crippen LogP contribution in [0.2, 0.25) is 0 Å². The van der Waals surface area contributed by atoms with Crippen LogP contribution in [0.15, 0.2) is 0 Å². The summed E-state index contributed by atoms with van der Waals surface area (Å²) in [4.78, 5) is 28.5. The predicted octanol–water partition coefficient (Wildman–Crippen LogP) is 3.67. The Kier molecular flexibility index (Phi) is 15.5. The largest absolute Gasteiger partial charge is 0.469 e. The lowest BCUT2D eigenvalue weighted by atomic mass is 10.1. The normalized spacial score (nSPS) is 13.0. The van der Waals surface area contributed by atoms with Gasteiger partial charge in [-0.15, -0.1) is 0 Å². The minimum absolute atomic E-state index is 0.278. The molecule has 25 heavy (non-hydrogen) atoms. The summed E-state index contributed by atoms with van der Waals surface area (Å²) in [6.45, 7) is 1.96. The maximum absolute atomic E-state index is 11.5. The van der Waals surface area contributed by atoms with Crippen LogP contribution >= 0.6 is 7.82 Å². The molecule has 0 rings (SSSR count). The van der Waals surface area contributed by atoms with E-state index in [-0.39, 0.29) is 6.61 Å². The molecule has 0 saturated carbocycles. The molecule has 0 aliphatic rings. The van der Waals surface area contributed by atoms with E-state index in [9.17, 15) is 9.36 Å². The Labute approximate surface area is 151 Å². The average Bonchev–Trinajstić information content (AvgIpc) is 2.56. The van der Waals surface area contributed by atoms with Gasteiger partial charge in [0.1, 0.15) is 6.04 Å². The highest BCUT2D eigenvalue weighted by molar-refractivity contribution is 7.46. The minimum Gasteiger partial charge on any atom is -0.464 e. The number of rotatable bonds is 17. The van der Waals surface area contributed by atoms with Gasteiger partial charge in [0.15, 0.2) is 0 Å². The zero-order valence-corrected chi connectivity index (χ0v) is 16.4. The molecule has 0 aromatic carbocycles. The zero-order valence-electron chi connectivity index (χ0n) is 15.5. The molecule has 0 aliphatic carbocycles. The molecule has 0 heterocycles. The summed E-state index contributed by atoms with van der Waals surface area (Å²) in [6.07, 6.45) is 14.7. The molecule has 1 atom stereocenters. The van der Waals surface area contributed by atoms with E-state index >= 15 is 0 Å². The number of carbonyl (C=O) groups is 1. The van der Waals surface area contributed by atoms with Crippen molar-refractivity contribution in [1.29, 1.82) is 0 Å². The molecule has 150 valence electrons. The van der Waals surface area contributed by atoms with Crippen LogP contribution in [-0.4, -0.2) is 35.0 Å². The van der Waals surface area contributed by atoms with Crippen molar-refractivity contribution in [1.82, 2.24) is 0 Å². The Balaban J connectivity index is 3.35. The lowest BCUT2D eigenvalue weighted by Gasteiger charge is -2.12. The van der Waals surface area contributed by atoms with Gasteiger partial charge in [0.2, 0.25) is 0 Å². The summed E-state index contributed by atoms with van der Waals surface area (Å²) in [5.41, 5.74) is 5.43. The molecule has 7 nitrogen and oxygen atoms in total. The molecular weight excluding hydrogens is 345 g/mol. The summed E-state index contributed by atoms with van der Waals surface area (Å²) < 4.78 is 19.6. The van der Waals surface area contributed by atoms with Gasteiger partial charge in [-0.1, -0.05) is 77.6 Å². The van der Waals surface area contributed by atoms with Gasteiger partial charge in [0, 0.05) is 0 Å². The molecule has 0 unspecified atom stereocenters. The molecule has 0 spiro atoms. The second-order valence-corrected chi connectivity index (χ2v) is 7.69. The maximum Gasteiger partial charge on any atom is 0.469 e. The fraction of sp³-hybridized carbons (Fsp3) is 0.941. The highest BCUT2D eigenvalue weighted by Gasteiger charge is 2.21. The van der Waals surface area contributed by atoms with Gasteiger partial charge in [-0.3, -0.25) is 9.32 Å². The van der Waals surface area contributed by atoms with Crippen molar-refractivity contribution >= 4 is 13.8 Å². The van der Waals surface area contributed by atoms with Crippen LogP contribution in [0.4, 0.5) is 0 Å². The van der Waals surface area contributed by atoms with E-state index < -0.39 is 26.4 Å². The van der Waals surface area contributed by atoms with Gasteiger partial charge in [0.05, 0.1) is 13.2 Å². The van der Waals surface area contributed by atoms with Crippen LogP contribution in [0.1, 0.15) is 84.0 Å². The van der Waals surface area contributed by atoms with Gasteiger partial charge in [0.25, 0.3) is 0 Å². The summed E-state index contributed by atoms with van der Waals surface area (Å²) in [7, 11) is -4.61. The standard InChI is InChI=1S/C17H36NO6P/c1-2-3-4-5-6-7-8-9-10-11-12-13-14-23-17(19)16(18)15-24-25(20,21)22/h16H,2-15,18H2,1H3,(H2,20,21,22)/t16-/m0/s1. The topological polar surface area (TPSA) is 119 Å². The number of hydrogen-bond acceptors (Lipinski definition) is 5. The first-order valence-electron chi connectivity index (χ1n) is 9.49. The van der Waals surface area contributed by atoms with E-state index in [0.29, 0.717) is 0 Å². The Hall–Kier alpha value is -0.460. The van der Waals surface area contributed by atoms with Crippen LogP contribution in [0, 0.1) is 0 Å². The lowest BCUT2D eigenvalue weighted by Crippen LogP contribution is -2.36. The number of carbonyl (C=O) groups excluding carboxylic acids is 1. The Morgan fingerprint density at radius 1 is 0.920 bits per heavy atom. The fourth-order valence-electron chi connectivity index (χ4n) is 2.47. The summed E-state index contributed by atoms with van der Waals surface area (Å²) in [5.74, 6) is -0.698. The van der Waals surface area contributed by atoms with Crippen LogP contribution in [0.5, 0.6) is 0 Å². The number of phosphoric acid groups is 1. The van der Waals surface area contributed by atoms with E-state index in [0.717, 1.165) is 19.3 Å². The van der Waals surface area contributed by atoms with Gasteiger partial charge >= 0.3 is 13.8 Å². The van der Waals surface area contributed by atoms with Gasteiger partial charge in [-0.2, -0.15) is 0 Å². The van der Waals surface area contributed by atoms with Gasteiger partial charge in [-0.05, 0) is 6.42 Å². The molecule has 0 amide bonds. The molecular formula is C17H36NO6P. The Bertz CT molecular complexity index is 374. The highest BCUT2D eigenvalue weighted by Crippen LogP contribution is 2.35. The van der Waals surface area contributed by atoms with Gasteiger partial charge < -0.3 is 20.3 Å². The number of hydrogen-bond donors (Lipinski definition) is 3.